The van der Waals surface area contributed by atoms with Gasteiger partial charge in [0.05, 0.1) is 5.92 Å². The summed E-state index contributed by atoms with van der Waals surface area (Å²) >= 11 is 0. The smallest absolute Gasteiger partial charge is 0.308 e. The number of carbonyl (C=O) groups is 2. The molecule has 1 aliphatic carbocycles. The molecular formula is C18H33NO3. The van der Waals surface area contributed by atoms with Gasteiger partial charge in [0.25, 0.3) is 0 Å². The Hall–Kier alpha value is -1.06. The lowest BCUT2D eigenvalue weighted by Gasteiger charge is -2.29. The van der Waals surface area contributed by atoms with E-state index in [2.05, 4.69) is 12.2 Å². The summed E-state index contributed by atoms with van der Waals surface area (Å²) in [5.74, 6) is 1.14. The highest BCUT2D eigenvalue weighted by Crippen LogP contribution is 2.30. The summed E-state index contributed by atoms with van der Waals surface area (Å²) in [6.07, 6.45) is 10.5. The van der Waals surface area contributed by atoms with Crippen LogP contribution in [0.3, 0.4) is 0 Å². The molecule has 1 heterocycles. The van der Waals surface area contributed by atoms with Gasteiger partial charge >= 0.3 is 5.97 Å². The molecule has 0 radical (unpaired) electrons. The average Bonchev–Trinajstić information content (AvgIpc) is 2.52. The number of hydrogen-bond acceptors (Lipinski definition) is 3. The molecule has 2 fully saturated rings. The van der Waals surface area contributed by atoms with Crippen LogP contribution in [0.1, 0.15) is 78.6 Å². The lowest BCUT2D eigenvalue weighted by molar-refractivity contribution is -0.155. The second-order valence-electron chi connectivity index (χ2n) is 6.63. The lowest BCUT2D eigenvalue weighted by Crippen LogP contribution is -2.37. The zero-order valence-electron chi connectivity index (χ0n) is 14.5. The molecular weight excluding hydrogens is 278 g/mol. The van der Waals surface area contributed by atoms with Crippen molar-refractivity contribution in [1.29, 1.82) is 0 Å². The topological polar surface area (TPSA) is 55.4 Å². The summed E-state index contributed by atoms with van der Waals surface area (Å²) in [5, 5.41) is 2.57. The van der Waals surface area contributed by atoms with Crippen molar-refractivity contribution in [3.8, 4) is 0 Å². The van der Waals surface area contributed by atoms with E-state index in [0.29, 0.717) is 0 Å². The molecule has 4 nitrogen and oxygen atoms in total. The standard InChI is InChI=1S/C15H28O2.C3H5NO/c1-4-6-7-13-8-10-14(11-9-13)17-15(16)12(3)5-2;5-3-1-2-4-3/h12-14H,4-11H2,1-3H3;1-2H2,(H,4,5). The third kappa shape index (κ3) is 7.28. The van der Waals surface area contributed by atoms with Crippen molar-refractivity contribution in [1.82, 2.24) is 5.32 Å². The predicted molar refractivity (Wildman–Crippen MR) is 88.4 cm³/mol. The number of nitrogens with one attached hydrogen (secondary N) is 1. The van der Waals surface area contributed by atoms with Gasteiger partial charge in [0.15, 0.2) is 0 Å². The van der Waals surface area contributed by atoms with Gasteiger partial charge in [-0.2, -0.15) is 0 Å². The van der Waals surface area contributed by atoms with E-state index in [4.69, 9.17) is 4.74 Å². The monoisotopic (exact) mass is 311 g/mol. The molecule has 1 aliphatic heterocycles. The molecule has 0 aromatic rings. The fraction of sp³-hybridized carbons (Fsp3) is 0.889. The second kappa shape index (κ2) is 10.6. The summed E-state index contributed by atoms with van der Waals surface area (Å²) in [6.45, 7) is 7.13. The number of carbonyl (C=O) groups excluding carboxylic acids is 2. The van der Waals surface area contributed by atoms with Gasteiger partial charge in [-0.25, -0.2) is 0 Å². The first-order chi connectivity index (χ1) is 10.6. The molecule has 1 N–H and O–H groups in total. The highest BCUT2D eigenvalue weighted by atomic mass is 16.5. The van der Waals surface area contributed by atoms with Crippen molar-refractivity contribution in [3.63, 3.8) is 0 Å². The minimum atomic E-state index is 0.00417. The van der Waals surface area contributed by atoms with E-state index in [9.17, 15) is 9.59 Å². The van der Waals surface area contributed by atoms with Crippen molar-refractivity contribution in [2.45, 2.75) is 84.7 Å². The lowest BCUT2D eigenvalue weighted by atomic mass is 9.84. The van der Waals surface area contributed by atoms with Crippen LogP contribution in [-0.4, -0.2) is 24.5 Å². The van der Waals surface area contributed by atoms with Gasteiger partial charge < -0.3 is 10.1 Å². The molecule has 1 amide bonds. The third-order valence-corrected chi connectivity index (χ3v) is 4.73. The maximum Gasteiger partial charge on any atom is 0.308 e. The average molecular weight is 311 g/mol. The van der Waals surface area contributed by atoms with Crippen LogP contribution >= 0.6 is 0 Å². The Bertz CT molecular complexity index is 329. The fourth-order valence-electron chi connectivity index (χ4n) is 2.71. The highest BCUT2D eigenvalue weighted by Gasteiger charge is 2.24. The van der Waals surface area contributed by atoms with Crippen molar-refractivity contribution >= 4 is 11.9 Å². The molecule has 2 rings (SSSR count). The second-order valence-corrected chi connectivity index (χ2v) is 6.63. The molecule has 2 aliphatic rings. The fourth-order valence-corrected chi connectivity index (χ4v) is 2.71. The third-order valence-electron chi connectivity index (χ3n) is 4.73. The van der Waals surface area contributed by atoms with E-state index in [1.807, 2.05) is 13.8 Å². The van der Waals surface area contributed by atoms with Crippen molar-refractivity contribution < 1.29 is 14.3 Å². The van der Waals surface area contributed by atoms with Crippen LogP contribution < -0.4 is 5.32 Å². The van der Waals surface area contributed by atoms with Gasteiger partial charge in [-0.05, 0) is 38.0 Å². The first kappa shape index (κ1) is 19.0. The van der Waals surface area contributed by atoms with Crippen molar-refractivity contribution in [2.75, 3.05) is 6.54 Å². The summed E-state index contributed by atoms with van der Waals surface area (Å²) in [6, 6.07) is 0. The number of β-lactam (4-membered cyclic amide) rings is 1. The molecule has 0 bridgehead atoms. The van der Waals surface area contributed by atoms with Gasteiger partial charge in [0.2, 0.25) is 5.91 Å². The SMILES string of the molecule is CCCCC1CCC(OC(=O)C(C)CC)CC1.O=C1CCN1. The summed E-state index contributed by atoms with van der Waals surface area (Å²) in [7, 11) is 0. The molecule has 4 heteroatoms. The highest BCUT2D eigenvalue weighted by molar-refractivity contribution is 5.81. The molecule has 1 unspecified atom stereocenters. The Morgan fingerprint density at radius 2 is 1.86 bits per heavy atom. The van der Waals surface area contributed by atoms with Crippen molar-refractivity contribution in [3.05, 3.63) is 0 Å². The van der Waals surface area contributed by atoms with E-state index < -0.39 is 0 Å². The van der Waals surface area contributed by atoms with Crippen molar-refractivity contribution in [2.24, 2.45) is 11.8 Å². The summed E-state index contributed by atoms with van der Waals surface area (Å²) in [4.78, 5) is 21.5. The molecule has 128 valence electrons. The summed E-state index contributed by atoms with van der Waals surface area (Å²) in [5.41, 5.74) is 0. The van der Waals surface area contributed by atoms with Crippen LogP contribution in [0.25, 0.3) is 0 Å². The number of amides is 1. The largest absolute Gasteiger partial charge is 0.462 e. The van der Waals surface area contributed by atoms with Crippen LogP contribution in [0, 0.1) is 11.8 Å². The van der Waals surface area contributed by atoms with E-state index >= 15 is 0 Å². The van der Waals surface area contributed by atoms with Gasteiger partial charge in [-0.15, -0.1) is 0 Å². The van der Waals surface area contributed by atoms with Gasteiger partial charge in [0, 0.05) is 13.0 Å². The molecule has 0 aromatic heterocycles. The Morgan fingerprint density at radius 1 is 1.27 bits per heavy atom. The van der Waals surface area contributed by atoms with Crippen LogP contribution in [0.15, 0.2) is 0 Å². The molecule has 0 aromatic carbocycles. The van der Waals surface area contributed by atoms with E-state index in [0.717, 1.165) is 38.1 Å². The zero-order valence-corrected chi connectivity index (χ0v) is 14.5. The van der Waals surface area contributed by atoms with Crippen LogP contribution in [0.2, 0.25) is 0 Å². The zero-order chi connectivity index (χ0) is 16.4. The molecule has 1 atom stereocenters. The normalized spacial score (nSPS) is 25.1. The maximum absolute atomic E-state index is 11.7. The molecule has 1 saturated heterocycles. The molecule has 0 spiro atoms. The minimum absolute atomic E-state index is 0.00417. The number of esters is 1. The number of unbranched alkanes of at least 4 members (excludes halogenated alkanes) is 1. The number of ether oxygens (including phenoxy) is 1. The van der Waals surface area contributed by atoms with E-state index in [-0.39, 0.29) is 23.9 Å². The van der Waals surface area contributed by atoms with E-state index in [1.165, 1.54) is 32.1 Å². The maximum atomic E-state index is 11.7. The first-order valence-electron chi connectivity index (χ1n) is 9.03. The Morgan fingerprint density at radius 3 is 2.27 bits per heavy atom. The quantitative estimate of drug-likeness (QED) is 0.599. The van der Waals surface area contributed by atoms with Gasteiger partial charge in [0.1, 0.15) is 6.10 Å². The van der Waals surface area contributed by atoms with Crippen LogP contribution in [0.4, 0.5) is 0 Å². The minimum Gasteiger partial charge on any atom is -0.462 e. The van der Waals surface area contributed by atoms with Gasteiger partial charge in [-0.3, -0.25) is 9.59 Å². The summed E-state index contributed by atoms with van der Waals surface area (Å²) < 4.78 is 5.56. The Labute approximate surface area is 135 Å². The number of hydrogen-bond donors (Lipinski definition) is 1. The Kier molecular flexibility index (Phi) is 9.17. The van der Waals surface area contributed by atoms with Crippen LogP contribution in [0.5, 0.6) is 0 Å². The van der Waals surface area contributed by atoms with Crippen LogP contribution in [-0.2, 0) is 14.3 Å². The van der Waals surface area contributed by atoms with E-state index in [1.54, 1.807) is 0 Å². The number of rotatable bonds is 6. The molecule has 1 saturated carbocycles. The Balaban J connectivity index is 0.000000406. The predicted octanol–water partition coefficient (Wildman–Crippen LogP) is 3.83. The molecule has 22 heavy (non-hydrogen) atoms. The van der Waals surface area contributed by atoms with Gasteiger partial charge in [-0.1, -0.05) is 40.0 Å². The first-order valence-corrected chi connectivity index (χ1v) is 9.03.